The number of carbonyl (C=O) groups is 13. The molecule has 1 aromatic heterocycles. The monoisotopic (exact) mass is 1440 g/mol. The van der Waals surface area contributed by atoms with Gasteiger partial charge in [0, 0.05) is 37.6 Å². The fourth-order valence-corrected chi connectivity index (χ4v) is 11.1. The normalized spacial score (nSPS) is 14.5. The highest BCUT2D eigenvalue weighted by Gasteiger charge is 2.42. The molecule has 0 bridgehead atoms. The number of aromatic amines is 1. The number of nitrogens with two attached hydrogens (primary N) is 1. The highest BCUT2D eigenvalue weighted by Crippen LogP contribution is 2.26. The van der Waals surface area contributed by atoms with E-state index in [4.69, 9.17) is 5.73 Å². The van der Waals surface area contributed by atoms with Gasteiger partial charge < -0.3 is 89.4 Å². The third-order valence-corrected chi connectivity index (χ3v) is 16.9. The predicted molar refractivity (Wildman–Crippen MR) is 377 cm³/mol. The Morgan fingerprint density at radius 3 is 1.59 bits per heavy atom. The first-order valence-electron chi connectivity index (χ1n) is 33.4. The summed E-state index contributed by atoms with van der Waals surface area (Å²) in [7, 11) is 0. The molecule has 0 radical (unpaired) electrons. The molecule has 0 aliphatic heterocycles. The number of nitrogens with zero attached hydrogens (tertiary/aromatic N) is 1. The zero-order chi connectivity index (χ0) is 76.4. The van der Waals surface area contributed by atoms with Crippen LogP contribution in [0.3, 0.4) is 0 Å². The van der Waals surface area contributed by atoms with E-state index in [0.29, 0.717) is 22.4 Å². The van der Waals surface area contributed by atoms with Crippen molar-refractivity contribution >= 4 is 76.9 Å². The number of nitrogens with one attached hydrogen (secondary N) is 11. The number of primary amides is 1. The summed E-state index contributed by atoms with van der Waals surface area (Å²) in [4.78, 5) is 182. The van der Waals surface area contributed by atoms with Crippen molar-refractivity contribution in [3.05, 3.63) is 173 Å². The lowest BCUT2D eigenvalue weighted by atomic mass is 9.90. The van der Waals surface area contributed by atoms with E-state index < -0.39 is 169 Å². The van der Waals surface area contributed by atoms with Gasteiger partial charge in [-0.05, 0) is 97.5 Å². The highest BCUT2D eigenvalue weighted by molar-refractivity contribution is 6.01. The maximum absolute atomic E-state index is 14.6. The van der Waals surface area contributed by atoms with Crippen LogP contribution in [0.1, 0.15) is 87.4 Å². The van der Waals surface area contributed by atoms with Crippen molar-refractivity contribution < 1.29 is 87.9 Å². The molecule has 0 saturated heterocycles. The Morgan fingerprint density at radius 2 is 1.03 bits per heavy atom. The second-order valence-electron chi connectivity index (χ2n) is 25.3. The summed E-state index contributed by atoms with van der Waals surface area (Å²) in [5.41, 5.74) is 11.6. The molecule has 31 nitrogen and oxygen atoms in total. The molecule has 0 aliphatic rings. The second-order valence-corrected chi connectivity index (χ2v) is 25.3. The summed E-state index contributed by atoms with van der Waals surface area (Å²) in [5, 5.41) is 75.4. The number of aliphatic carboxylic acids is 2. The molecule has 0 saturated carbocycles. The average Bonchev–Trinajstić information content (AvgIpc) is 0.831. The first-order chi connectivity index (χ1) is 49.4. The van der Waals surface area contributed by atoms with Crippen LogP contribution in [0, 0.1) is 6.92 Å². The number of amides is 11. The highest BCUT2D eigenvalue weighted by atomic mass is 16.4. The predicted octanol–water partition coefficient (Wildman–Crippen LogP) is -0.647. The van der Waals surface area contributed by atoms with Crippen LogP contribution in [-0.2, 0) is 94.4 Å². The second kappa shape index (κ2) is 38.9. The van der Waals surface area contributed by atoms with Crippen LogP contribution >= 0.6 is 0 Å². The number of imidazole rings is 1. The minimum Gasteiger partial charge on any atom is -0.481 e. The zero-order valence-electron chi connectivity index (χ0n) is 58.2. The fourth-order valence-electron chi connectivity index (χ4n) is 11.1. The lowest BCUT2D eigenvalue weighted by Crippen LogP contribution is -2.67. The Bertz CT molecular complexity index is 4010. The standard InChI is InChI=1S/C73H89N13O18/c1-7-47-18-12-14-20-52(47)49-27-23-45(24-28-49)32-54(67(99)79-53(64(74)96)31-44-21-25-48(26-22-44)51-19-13-11-15-40(51)2)81-68(100)56(34-61(94)95)82-69(101)57(38-87)83-70(102)62(42(4)88)85-72(104)73(6,35-46-16-9-8-10-17-46)86-71(103)63(43(5)89)84-59(91)37-76-66(98)55(33-60(92)93)80-65(97)41(3)78-58(90)30-29-50-36-75-39-77-50/h8-28,36,39,41-43,53-57,62-63,87-89H,7,29-35,37-38H2,1-6H3,(H2,74,96)(H,75,77)(H,76,98)(H,78,90)(H,79,99)(H,80,97)(H,81,100)(H,82,101)(H,83,102)(H,84,91)(H,85,104)(H,86,103)(H,92,93)(H,94,95)/t41-,42-,43-,53+,54+,55+,56+,57+,62+,63+,73+/m1/s1. The topological polar surface area (TPSA) is 498 Å². The van der Waals surface area contributed by atoms with E-state index in [9.17, 15) is 87.9 Å². The number of aryl methyl sites for hydroxylation is 3. The van der Waals surface area contributed by atoms with Gasteiger partial charge >= 0.3 is 11.9 Å². The molecular weight excluding hydrogens is 1350 g/mol. The van der Waals surface area contributed by atoms with Gasteiger partial charge in [-0.2, -0.15) is 0 Å². The van der Waals surface area contributed by atoms with E-state index in [1.54, 1.807) is 54.6 Å². The summed E-state index contributed by atoms with van der Waals surface area (Å²) >= 11 is 0. The number of carbonyl (C=O) groups excluding carboxylic acids is 11. The number of H-pyrrole nitrogens is 1. The van der Waals surface area contributed by atoms with E-state index in [1.165, 1.54) is 26.4 Å². The van der Waals surface area contributed by atoms with E-state index in [1.807, 2.05) is 86.6 Å². The fraction of sp³-hybridized carbons (Fsp3) is 0.370. The van der Waals surface area contributed by atoms with Crippen LogP contribution in [0.5, 0.6) is 0 Å². The molecule has 0 aliphatic carbocycles. The van der Waals surface area contributed by atoms with Gasteiger partial charge in [0.1, 0.15) is 53.9 Å². The third-order valence-electron chi connectivity index (χ3n) is 16.9. The zero-order valence-corrected chi connectivity index (χ0v) is 58.2. The van der Waals surface area contributed by atoms with Crippen LogP contribution in [0.15, 0.2) is 140 Å². The molecule has 18 N–H and O–H groups in total. The molecule has 0 unspecified atom stereocenters. The molecule has 11 amide bonds. The van der Waals surface area contributed by atoms with Gasteiger partial charge in [-0.25, -0.2) is 4.98 Å². The van der Waals surface area contributed by atoms with Crippen LogP contribution in [0.2, 0.25) is 0 Å². The van der Waals surface area contributed by atoms with Crippen molar-refractivity contribution in [2.75, 3.05) is 13.2 Å². The maximum Gasteiger partial charge on any atom is 0.305 e. The molecule has 5 aromatic carbocycles. The molecule has 104 heavy (non-hydrogen) atoms. The summed E-state index contributed by atoms with van der Waals surface area (Å²) in [6, 6.07) is 23.7. The molecule has 0 spiro atoms. The Morgan fingerprint density at radius 1 is 0.529 bits per heavy atom. The molecule has 0 fully saturated rings. The van der Waals surface area contributed by atoms with Crippen molar-refractivity contribution in [1.82, 2.24) is 63.1 Å². The Balaban J connectivity index is 1.15. The molecule has 6 aromatic rings. The van der Waals surface area contributed by atoms with Gasteiger partial charge in [0.25, 0.3) is 0 Å². The van der Waals surface area contributed by atoms with E-state index >= 15 is 0 Å². The van der Waals surface area contributed by atoms with E-state index in [-0.39, 0.29) is 32.1 Å². The number of hydrogen-bond acceptors (Lipinski definition) is 17. The van der Waals surface area contributed by atoms with Gasteiger partial charge in [0.05, 0.1) is 44.5 Å². The lowest BCUT2D eigenvalue weighted by Gasteiger charge is -2.34. The van der Waals surface area contributed by atoms with Crippen LogP contribution in [0.4, 0.5) is 0 Å². The number of aliphatic hydroxyl groups is 3. The Kier molecular flexibility index (Phi) is 30.4. The molecule has 6 rings (SSSR count). The molecule has 11 atom stereocenters. The minimum absolute atomic E-state index is 0.0489. The van der Waals surface area contributed by atoms with Crippen molar-refractivity contribution in [1.29, 1.82) is 0 Å². The van der Waals surface area contributed by atoms with Crippen molar-refractivity contribution in [2.24, 2.45) is 5.73 Å². The molecule has 554 valence electrons. The van der Waals surface area contributed by atoms with E-state index in [0.717, 1.165) is 53.6 Å². The number of rotatable bonds is 39. The third kappa shape index (κ3) is 24.5. The van der Waals surface area contributed by atoms with Crippen molar-refractivity contribution in [3.63, 3.8) is 0 Å². The van der Waals surface area contributed by atoms with Gasteiger partial charge in [0.2, 0.25) is 65.0 Å². The SMILES string of the molecule is CCc1ccccc1-c1ccc(C[C@H](NC(=O)[C@H](CC(=O)O)NC(=O)[C@H](CO)NC(=O)[C@@H](NC(=O)[C@](C)(Cc2ccccc2)NC(=O)[C@@H](NC(=O)CNC(=O)[C@H](CC(=O)O)NC(=O)[C@@H](C)NC(=O)CCc2cnc[nH]2)[C@@H](C)O)[C@@H](C)O)C(=O)N[C@@H](Cc2ccc(-c3ccccc3C)cc2)C(N)=O)cc1. The van der Waals surface area contributed by atoms with E-state index in [2.05, 4.69) is 63.1 Å². The van der Waals surface area contributed by atoms with Crippen molar-refractivity contribution in [2.45, 2.75) is 159 Å². The minimum atomic E-state index is -2.17. The number of carboxylic acids is 2. The number of carboxylic acid groups (broad SMARTS) is 2. The lowest BCUT2D eigenvalue weighted by molar-refractivity contribution is -0.142. The number of aromatic nitrogens is 2. The molecule has 31 heteroatoms. The summed E-state index contributed by atoms with van der Waals surface area (Å²) in [5.74, 6) is -15.2. The number of benzene rings is 5. The quantitative estimate of drug-likeness (QED) is 0.0228. The summed E-state index contributed by atoms with van der Waals surface area (Å²) in [6.45, 7) is 6.39. The first kappa shape index (κ1) is 81.3. The average molecular weight is 1440 g/mol. The Labute approximate surface area is 599 Å². The van der Waals surface area contributed by atoms with Gasteiger partial charge in [-0.1, -0.05) is 134 Å². The number of aliphatic hydroxyl groups excluding tert-OH is 3. The summed E-state index contributed by atoms with van der Waals surface area (Å²) < 4.78 is 0. The number of hydrogen-bond donors (Lipinski definition) is 17. The molecule has 1 heterocycles. The Hall–Kier alpha value is -11.7. The maximum atomic E-state index is 14.6. The molecular formula is C73H89N13O18. The van der Waals surface area contributed by atoms with Crippen molar-refractivity contribution in [3.8, 4) is 22.3 Å². The van der Waals surface area contributed by atoms with Crippen LogP contribution in [0.25, 0.3) is 22.3 Å². The van der Waals surface area contributed by atoms with Gasteiger partial charge in [-0.3, -0.25) is 62.3 Å². The largest absolute Gasteiger partial charge is 0.481 e. The summed E-state index contributed by atoms with van der Waals surface area (Å²) in [6.07, 6.45) is -2.52. The van der Waals surface area contributed by atoms with Crippen LogP contribution < -0.4 is 58.9 Å². The van der Waals surface area contributed by atoms with Gasteiger partial charge in [-0.15, -0.1) is 0 Å². The smallest absolute Gasteiger partial charge is 0.305 e. The van der Waals surface area contributed by atoms with Crippen LogP contribution in [-0.4, -0.2) is 192 Å². The van der Waals surface area contributed by atoms with Gasteiger partial charge in [0.15, 0.2) is 0 Å². The first-order valence-corrected chi connectivity index (χ1v) is 33.4.